The molecule has 1 aromatic heterocycles. The Labute approximate surface area is 103 Å². The van der Waals surface area contributed by atoms with E-state index in [1.54, 1.807) is 6.26 Å². The van der Waals surface area contributed by atoms with Crippen LogP contribution in [0.15, 0.2) is 40.3 Å². The lowest BCUT2D eigenvalue weighted by Gasteiger charge is -2.05. The Morgan fingerprint density at radius 3 is 2.71 bits per heavy atom. The van der Waals surface area contributed by atoms with E-state index in [1.807, 2.05) is 30.3 Å². The minimum atomic E-state index is -0.320. The molecule has 0 aliphatic heterocycles. The van der Waals surface area contributed by atoms with Crippen LogP contribution >= 0.6 is 11.8 Å². The van der Waals surface area contributed by atoms with Gasteiger partial charge in [-0.1, -0.05) is 42.1 Å². The fraction of sp³-hybridized carbons (Fsp3) is 0.182. The number of nitrogens with zero attached hydrogens (tertiary/aromatic N) is 3. The summed E-state index contributed by atoms with van der Waals surface area (Å²) < 4.78 is 0. The number of rotatable bonds is 3. The average molecular weight is 248 g/mol. The predicted octanol–water partition coefficient (Wildman–Crippen LogP) is 0.665. The molecule has 0 unspecified atom stereocenters. The normalized spacial score (nSPS) is 10.4. The molecule has 0 saturated carbocycles. The van der Waals surface area contributed by atoms with E-state index in [9.17, 15) is 4.79 Å². The zero-order valence-corrected chi connectivity index (χ0v) is 10.1. The lowest BCUT2D eigenvalue weighted by atomic mass is 10.1. The maximum atomic E-state index is 11.7. The molecule has 0 aliphatic rings. The van der Waals surface area contributed by atoms with E-state index in [1.165, 1.54) is 11.8 Å². The maximum Gasteiger partial charge on any atom is 0.296 e. The summed E-state index contributed by atoms with van der Waals surface area (Å²) in [4.78, 5) is 16.7. The number of aromatic nitrogens is 3. The quantitative estimate of drug-likeness (QED) is 0.638. The van der Waals surface area contributed by atoms with Crippen molar-refractivity contribution >= 4 is 11.8 Å². The van der Waals surface area contributed by atoms with E-state index in [-0.39, 0.29) is 5.56 Å². The molecule has 88 valence electrons. The van der Waals surface area contributed by atoms with Gasteiger partial charge in [0.2, 0.25) is 5.16 Å². The smallest absolute Gasteiger partial charge is 0.296 e. The monoisotopic (exact) mass is 248 g/mol. The van der Waals surface area contributed by atoms with E-state index in [2.05, 4.69) is 10.1 Å². The summed E-state index contributed by atoms with van der Waals surface area (Å²) in [6, 6.07) is 9.63. The first-order valence-electron chi connectivity index (χ1n) is 5.04. The van der Waals surface area contributed by atoms with E-state index in [0.29, 0.717) is 17.3 Å². The molecule has 0 amide bonds. The number of thioether (sulfide) groups is 1. The van der Waals surface area contributed by atoms with Gasteiger partial charge in [0.05, 0.1) is 0 Å². The van der Waals surface area contributed by atoms with Gasteiger partial charge in [0.25, 0.3) is 5.56 Å². The van der Waals surface area contributed by atoms with Crippen molar-refractivity contribution in [2.24, 2.45) is 0 Å². The van der Waals surface area contributed by atoms with Crippen molar-refractivity contribution in [1.82, 2.24) is 14.9 Å². The van der Waals surface area contributed by atoms with Gasteiger partial charge < -0.3 is 5.84 Å². The van der Waals surface area contributed by atoms with Crippen LogP contribution in [0.4, 0.5) is 0 Å². The number of hydrogen-bond donors (Lipinski definition) is 1. The summed E-state index contributed by atoms with van der Waals surface area (Å²) >= 11 is 1.29. The van der Waals surface area contributed by atoms with Crippen LogP contribution in [0.5, 0.6) is 0 Å². The largest absolute Gasteiger partial charge is 0.321 e. The fourth-order valence-electron chi connectivity index (χ4n) is 1.46. The molecule has 0 bridgehead atoms. The second kappa shape index (κ2) is 5.01. The molecule has 0 spiro atoms. The van der Waals surface area contributed by atoms with Gasteiger partial charge in [0.15, 0.2) is 0 Å². The van der Waals surface area contributed by atoms with Crippen LogP contribution in [0.1, 0.15) is 11.3 Å². The molecule has 17 heavy (non-hydrogen) atoms. The Morgan fingerprint density at radius 1 is 1.35 bits per heavy atom. The van der Waals surface area contributed by atoms with Gasteiger partial charge in [-0.25, -0.2) is 0 Å². The third kappa shape index (κ3) is 2.65. The van der Waals surface area contributed by atoms with Gasteiger partial charge in [-0.15, -0.1) is 5.10 Å². The standard InChI is InChI=1S/C11H12N4OS/c1-17-11-13-10(16)9(14-15(11)12)7-8-5-3-2-4-6-8/h2-6H,7,12H2,1H3. The Bertz CT molecular complexity index is 567. The molecule has 2 rings (SSSR count). The lowest BCUT2D eigenvalue weighted by molar-refractivity contribution is 0.631. The number of benzene rings is 1. The number of nitrogens with two attached hydrogens (primary N) is 1. The third-order valence-electron chi connectivity index (χ3n) is 2.27. The lowest BCUT2D eigenvalue weighted by Crippen LogP contribution is -2.27. The summed E-state index contributed by atoms with van der Waals surface area (Å²) in [6.07, 6.45) is 2.24. The van der Waals surface area contributed by atoms with Gasteiger partial charge in [0.1, 0.15) is 5.69 Å². The van der Waals surface area contributed by atoms with Gasteiger partial charge >= 0.3 is 0 Å². The van der Waals surface area contributed by atoms with Crippen molar-refractivity contribution in [2.75, 3.05) is 12.1 Å². The molecule has 0 atom stereocenters. The van der Waals surface area contributed by atoms with Crippen LogP contribution in [0, 0.1) is 0 Å². The Hall–Kier alpha value is -1.82. The third-order valence-corrected chi connectivity index (χ3v) is 2.91. The Morgan fingerprint density at radius 2 is 2.06 bits per heavy atom. The highest BCUT2D eigenvalue weighted by atomic mass is 32.2. The first-order chi connectivity index (χ1) is 8.20. The molecule has 0 radical (unpaired) electrons. The molecule has 6 heteroatoms. The van der Waals surface area contributed by atoms with Gasteiger partial charge in [0, 0.05) is 6.42 Å². The van der Waals surface area contributed by atoms with Crippen LogP contribution in [0.3, 0.4) is 0 Å². The molecule has 0 fully saturated rings. The molecule has 2 N–H and O–H groups in total. The van der Waals surface area contributed by atoms with Crippen LogP contribution in [0.2, 0.25) is 0 Å². The molecular weight excluding hydrogens is 236 g/mol. The minimum Gasteiger partial charge on any atom is -0.321 e. The van der Waals surface area contributed by atoms with Gasteiger partial charge in [-0.2, -0.15) is 9.77 Å². The number of nitrogen functional groups attached to an aromatic ring is 1. The summed E-state index contributed by atoms with van der Waals surface area (Å²) in [7, 11) is 0. The van der Waals surface area contributed by atoms with Crippen LogP contribution in [-0.2, 0) is 6.42 Å². The second-order valence-electron chi connectivity index (χ2n) is 3.46. The molecule has 1 aromatic carbocycles. The average Bonchev–Trinajstić information content (AvgIpc) is 2.34. The maximum absolute atomic E-state index is 11.7. The van der Waals surface area contributed by atoms with Crippen molar-refractivity contribution < 1.29 is 0 Å². The van der Waals surface area contributed by atoms with E-state index >= 15 is 0 Å². The van der Waals surface area contributed by atoms with Crippen molar-refractivity contribution in [2.45, 2.75) is 11.6 Å². The summed E-state index contributed by atoms with van der Waals surface area (Å²) in [5, 5.41) is 4.45. The van der Waals surface area contributed by atoms with Crippen LogP contribution < -0.4 is 11.4 Å². The van der Waals surface area contributed by atoms with Crippen LogP contribution in [-0.4, -0.2) is 21.1 Å². The van der Waals surface area contributed by atoms with E-state index < -0.39 is 0 Å². The molecule has 0 aliphatic carbocycles. The molecule has 0 saturated heterocycles. The Balaban J connectivity index is 2.34. The van der Waals surface area contributed by atoms with Crippen LogP contribution in [0.25, 0.3) is 0 Å². The first-order valence-corrected chi connectivity index (χ1v) is 6.26. The molecular formula is C11H12N4OS. The fourth-order valence-corrected chi connectivity index (χ4v) is 1.86. The second-order valence-corrected chi connectivity index (χ2v) is 4.23. The molecule has 2 aromatic rings. The van der Waals surface area contributed by atoms with Crippen molar-refractivity contribution in [3.63, 3.8) is 0 Å². The molecule has 5 nitrogen and oxygen atoms in total. The molecule has 1 heterocycles. The highest BCUT2D eigenvalue weighted by Crippen LogP contribution is 2.07. The first kappa shape index (κ1) is 11.7. The highest BCUT2D eigenvalue weighted by molar-refractivity contribution is 7.98. The van der Waals surface area contributed by atoms with Crippen molar-refractivity contribution in [1.29, 1.82) is 0 Å². The SMILES string of the molecule is CSc1nc(=O)c(Cc2ccccc2)nn1N. The van der Waals surface area contributed by atoms with Gasteiger partial charge in [-0.05, 0) is 11.8 Å². The Kier molecular flexibility index (Phi) is 3.43. The van der Waals surface area contributed by atoms with Gasteiger partial charge in [-0.3, -0.25) is 4.79 Å². The van der Waals surface area contributed by atoms with Crippen molar-refractivity contribution in [3.8, 4) is 0 Å². The van der Waals surface area contributed by atoms with E-state index in [0.717, 1.165) is 10.4 Å². The summed E-state index contributed by atoms with van der Waals surface area (Å²) in [6.45, 7) is 0. The zero-order chi connectivity index (χ0) is 12.3. The summed E-state index contributed by atoms with van der Waals surface area (Å²) in [5.74, 6) is 5.64. The topological polar surface area (TPSA) is 73.8 Å². The zero-order valence-electron chi connectivity index (χ0n) is 9.33. The highest BCUT2D eigenvalue weighted by Gasteiger charge is 2.08. The minimum absolute atomic E-state index is 0.320. The van der Waals surface area contributed by atoms with E-state index in [4.69, 9.17) is 5.84 Å². The summed E-state index contributed by atoms with van der Waals surface area (Å²) in [5.41, 5.74) is 1.05. The van der Waals surface area contributed by atoms with Crippen molar-refractivity contribution in [3.05, 3.63) is 51.9 Å². The number of hydrogen-bond acceptors (Lipinski definition) is 5. The predicted molar refractivity (Wildman–Crippen MR) is 67.5 cm³/mol.